The Morgan fingerprint density at radius 2 is 1.89 bits per heavy atom. The van der Waals surface area contributed by atoms with Crippen molar-refractivity contribution in [1.82, 2.24) is 4.72 Å². The van der Waals surface area contributed by atoms with Gasteiger partial charge in [-0.25, -0.2) is 13.1 Å². The fraction of sp³-hybridized carbons (Fsp3) is 0.500. The van der Waals surface area contributed by atoms with Crippen LogP contribution in [0.25, 0.3) is 0 Å². The first-order chi connectivity index (χ1) is 8.88. The highest BCUT2D eigenvalue weighted by molar-refractivity contribution is 9.10. The van der Waals surface area contributed by atoms with Gasteiger partial charge >= 0.3 is 0 Å². The van der Waals surface area contributed by atoms with Crippen LogP contribution in [0.2, 0.25) is 5.02 Å². The molecule has 1 saturated carbocycles. The quantitative estimate of drug-likeness (QED) is 0.862. The summed E-state index contributed by atoms with van der Waals surface area (Å²) in [5, 5.41) is 0.217. The molecule has 106 valence electrons. The van der Waals surface area contributed by atoms with E-state index in [1.54, 1.807) is 12.1 Å². The van der Waals surface area contributed by atoms with Crippen LogP contribution >= 0.6 is 27.5 Å². The van der Waals surface area contributed by atoms with Crippen LogP contribution in [-0.4, -0.2) is 20.5 Å². The average molecular weight is 368 g/mol. The number of hydrogen-bond acceptors (Lipinski definition) is 3. The van der Waals surface area contributed by atoms with Crippen molar-refractivity contribution in [2.45, 2.75) is 42.7 Å². The van der Waals surface area contributed by atoms with E-state index >= 15 is 0 Å². The Bertz CT molecular complexity index is 557. The first kappa shape index (κ1) is 15.3. The topological polar surface area (TPSA) is 72.2 Å². The standard InChI is InChI=1S/C12H16BrClN2O2S/c13-8-1-6-12(11(14)7-8)19(17,18)16-10-4-2-9(15)3-5-10/h1,6-7,9-10,16H,2-5,15H2. The molecule has 2 rings (SSSR count). The van der Waals surface area contributed by atoms with E-state index in [-0.39, 0.29) is 22.0 Å². The largest absolute Gasteiger partial charge is 0.328 e. The van der Waals surface area contributed by atoms with Crippen molar-refractivity contribution in [2.75, 3.05) is 0 Å². The predicted molar refractivity (Wildman–Crippen MR) is 79.7 cm³/mol. The molecule has 19 heavy (non-hydrogen) atoms. The molecular formula is C12H16BrClN2O2S. The van der Waals surface area contributed by atoms with Crippen LogP contribution in [-0.2, 0) is 10.0 Å². The van der Waals surface area contributed by atoms with Gasteiger partial charge in [0, 0.05) is 16.6 Å². The molecule has 1 aromatic carbocycles. The Balaban J connectivity index is 2.14. The van der Waals surface area contributed by atoms with Gasteiger partial charge in [-0.2, -0.15) is 0 Å². The predicted octanol–water partition coefficient (Wildman–Crippen LogP) is 2.65. The first-order valence-corrected chi connectivity index (χ1v) is 8.77. The highest BCUT2D eigenvalue weighted by Crippen LogP contribution is 2.26. The number of nitrogens with two attached hydrogens (primary N) is 1. The molecule has 1 fully saturated rings. The summed E-state index contributed by atoms with van der Waals surface area (Å²) in [6.45, 7) is 0. The Kier molecular flexibility index (Phi) is 4.89. The third kappa shape index (κ3) is 3.92. The SMILES string of the molecule is NC1CCC(NS(=O)(=O)c2ccc(Br)cc2Cl)CC1. The van der Waals surface area contributed by atoms with Crippen LogP contribution in [0.1, 0.15) is 25.7 Å². The van der Waals surface area contributed by atoms with Crippen LogP contribution in [0.3, 0.4) is 0 Å². The molecule has 0 unspecified atom stereocenters. The number of benzene rings is 1. The van der Waals surface area contributed by atoms with E-state index in [9.17, 15) is 8.42 Å². The molecule has 0 aliphatic heterocycles. The minimum Gasteiger partial charge on any atom is -0.328 e. The molecule has 1 aromatic rings. The normalized spacial score (nSPS) is 24.4. The molecule has 0 atom stereocenters. The average Bonchev–Trinajstić information content (AvgIpc) is 2.31. The van der Waals surface area contributed by atoms with Gasteiger partial charge in [0.05, 0.1) is 5.02 Å². The zero-order valence-electron chi connectivity index (χ0n) is 10.3. The molecule has 0 amide bonds. The van der Waals surface area contributed by atoms with E-state index in [4.69, 9.17) is 17.3 Å². The fourth-order valence-electron chi connectivity index (χ4n) is 2.21. The van der Waals surface area contributed by atoms with Crippen LogP contribution in [0, 0.1) is 0 Å². The van der Waals surface area contributed by atoms with Gasteiger partial charge in [0.1, 0.15) is 4.90 Å². The zero-order chi connectivity index (χ0) is 14.0. The fourth-order valence-corrected chi connectivity index (χ4v) is 4.56. The van der Waals surface area contributed by atoms with Crippen LogP contribution < -0.4 is 10.5 Å². The summed E-state index contributed by atoms with van der Waals surface area (Å²) in [4.78, 5) is 0.118. The molecule has 0 radical (unpaired) electrons. The molecule has 1 aliphatic carbocycles. The summed E-state index contributed by atoms with van der Waals surface area (Å²) in [7, 11) is -3.57. The van der Waals surface area contributed by atoms with Gasteiger partial charge < -0.3 is 5.73 Å². The number of halogens is 2. The van der Waals surface area contributed by atoms with Crippen LogP contribution in [0.4, 0.5) is 0 Å². The van der Waals surface area contributed by atoms with Gasteiger partial charge in [0.25, 0.3) is 0 Å². The highest BCUT2D eigenvalue weighted by atomic mass is 79.9. The van der Waals surface area contributed by atoms with E-state index in [0.29, 0.717) is 0 Å². The minimum atomic E-state index is -3.57. The number of rotatable bonds is 3. The lowest BCUT2D eigenvalue weighted by Crippen LogP contribution is -2.40. The van der Waals surface area contributed by atoms with Gasteiger partial charge in [0.15, 0.2) is 0 Å². The van der Waals surface area contributed by atoms with Gasteiger partial charge in [-0.1, -0.05) is 27.5 Å². The van der Waals surface area contributed by atoms with Gasteiger partial charge in [-0.05, 0) is 43.9 Å². The second-order valence-electron chi connectivity index (χ2n) is 4.81. The molecule has 0 aromatic heterocycles. The van der Waals surface area contributed by atoms with Gasteiger partial charge in [0.2, 0.25) is 10.0 Å². The van der Waals surface area contributed by atoms with Gasteiger partial charge in [-0.3, -0.25) is 0 Å². The van der Waals surface area contributed by atoms with Crippen LogP contribution in [0.5, 0.6) is 0 Å². The monoisotopic (exact) mass is 366 g/mol. The van der Waals surface area contributed by atoms with Crippen LogP contribution in [0.15, 0.2) is 27.6 Å². The summed E-state index contributed by atoms with van der Waals surface area (Å²) in [6.07, 6.45) is 3.24. The van der Waals surface area contributed by atoms with E-state index in [1.807, 2.05) is 0 Å². The molecule has 0 saturated heterocycles. The van der Waals surface area contributed by atoms with Crippen molar-refractivity contribution >= 4 is 37.6 Å². The molecule has 0 spiro atoms. The Hall–Kier alpha value is -0.140. The summed E-state index contributed by atoms with van der Waals surface area (Å²) in [5.41, 5.74) is 5.81. The van der Waals surface area contributed by atoms with Crippen molar-refractivity contribution in [1.29, 1.82) is 0 Å². The van der Waals surface area contributed by atoms with E-state index in [0.717, 1.165) is 30.2 Å². The first-order valence-electron chi connectivity index (χ1n) is 6.11. The summed E-state index contributed by atoms with van der Waals surface area (Å²) < 4.78 is 28.0. The van der Waals surface area contributed by atoms with Crippen molar-refractivity contribution in [3.05, 3.63) is 27.7 Å². The van der Waals surface area contributed by atoms with Crippen molar-refractivity contribution in [3.8, 4) is 0 Å². The lowest BCUT2D eigenvalue weighted by molar-refractivity contribution is 0.373. The number of hydrogen-bond donors (Lipinski definition) is 2. The maximum Gasteiger partial charge on any atom is 0.242 e. The second kappa shape index (κ2) is 6.10. The third-order valence-corrected chi connectivity index (χ3v) is 5.77. The van der Waals surface area contributed by atoms with Gasteiger partial charge in [-0.15, -0.1) is 0 Å². The maximum atomic E-state index is 12.3. The Morgan fingerprint density at radius 3 is 2.47 bits per heavy atom. The van der Waals surface area contributed by atoms with Crippen molar-refractivity contribution < 1.29 is 8.42 Å². The summed E-state index contributed by atoms with van der Waals surface area (Å²) in [5.74, 6) is 0. The smallest absolute Gasteiger partial charge is 0.242 e. The number of nitrogens with one attached hydrogen (secondary N) is 1. The Morgan fingerprint density at radius 1 is 1.26 bits per heavy atom. The molecule has 0 bridgehead atoms. The summed E-state index contributed by atoms with van der Waals surface area (Å²) in [6, 6.07) is 4.88. The molecular weight excluding hydrogens is 352 g/mol. The minimum absolute atomic E-state index is 0.0514. The van der Waals surface area contributed by atoms with E-state index in [2.05, 4.69) is 20.7 Å². The molecule has 1 aliphatic rings. The highest BCUT2D eigenvalue weighted by Gasteiger charge is 2.25. The maximum absolute atomic E-state index is 12.3. The zero-order valence-corrected chi connectivity index (χ0v) is 13.4. The van der Waals surface area contributed by atoms with Crippen molar-refractivity contribution in [3.63, 3.8) is 0 Å². The lowest BCUT2D eigenvalue weighted by Gasteiger charge is -2.26. The molecule has 4 nitrogen and oxygen atoms in total. The number of sulfonamides is 1. The summed E-state index contributed by atoms with van der Waals surface area (Å²) >= 11 is 9.24. The van der Waals surface area contributed by atoms with E-state index < -0.39 is 10.0 Å². The second-order valence-corrected chi connectivity index (χ2v) is 7.81. The molecule has 7 heteroatoms. The van der Waals surface area contributed by atoms with E-state index in [1.165, 1.54) is 6.07 Å². The third-order valence-electron chi connectivity index (χ3n) is 3.28. The van der Waals surface area contributed by atoms with Crippen molar-refractivity contribution in [2.24, 2.45) is 5.73 Å². The molecule has 3 N–H and O–H groups in total. The molecule has 0 heterocycles. The Labute approximate surface area is 126 Å². The lowest BCUT2D eigenvalue weighted by atomic mass is 9.93.